The Morgan fingerprint density at radius 2 is 2.39 bits per heavy atom. The Labute approximate surface area is 117 Å². The van der Waals surface area contributed by atoms with E-state index in [0.29, 0.717) is 5.69 Å². The van der Waals surface area contributed by atoms with Crippen molar-refractivity contribution >= 4 is 45.1 Å². The number of carbonyl (C=O) groups excluding carboxylic acids is 2. The highest BCUT2D eigenvalue weighted by atomic mass is 79.9. The molecule has 5 nitrogen and oxygen atoms in total. The number of hydrogen-bond donors (Lipinski definition) is 0. The molecule has 1 amide bonds. The maximum Gasteiger partial charge on any atom is 0.311 e. The van der Waals surface area contributed by atoms with Crippen LogP contribution in [0.4, 0.5) is 5.69 Å². The van der Waals surface area contributed by atoms with Crippen LogP contribution in [0.3, 0.4) is 0 Å². The van der Waals surface area contributed by atoms with E-state index in [1.165, 1.54) is 12.0 Å². The van der Waals surface area contributed by atoms with Gasteiger partial charge in [0, 0.05) is 23.6 Å². The Morgan fingerprint density at radius 1 is 1.67 bits per heavy atom. The lowest BCUT2D eigenvalue weighted by Crippen LogP contribution is -2.26. The molecule has 1 atom stereocenters. The Balaban J connectivity index is 2.27. The van der Waals surface area contributed by atoms with Crippen molar-refractivity contribution in [2.75, 3.05) is 18.6 Å². The molecule has 1 aliphatic heterocycles. The van der Waals surface area contributed by atoms with Gasteiger partial charge >= 0.3 is 5.97 Å². The van der Waals surface area contributed by atoms with Crippen LogP contribution in [0.15, 0.2) is 16.7 Å². The fourth-order valence-corrected chi connectivity index (χ4v) is 2.39. The highest BCUT2D eigenvalue weighted by molar-refractivity contribution is 9.10. The summed E-state index contributed by atoms with van der Waals surface area (Å²) in [5.41, 5.74) is 0.502. The average molecular weight is 334 g/mol. The summed E-state index contributed by atoms with van der Waals surface area (Å²) in [5.74, 6) is -0.991. The third kappa shape index (κ3) is 2.49. The summed E-state index contributed by atoms with van der Waals surface area (Å²) in [5, 5.41) is 0.233. The van der Waals surface area contributed by atoms with E-state index in [2.05, 4.69) is 25.7 Å². The van der Waals surface area contributed by atoms with E-state index in [9.17, 15) is 9.59 Å². The Morgan fingerprint density at radius 3 is 3.06 bits per heavy atom. The van der Waals surface area contributed by atoms with Gasteiger partial charge in [0.2, 0.25) is 5.91 Å². The van der Waals surface area contributed by atoms with Crippen molar-refractivity contribution in [1.29, 1.82) is 0 Å². The molecule has 2 rings (SSSR count). The number of esters is 1. The van der Waals surface area contributed by atoms with Gasteiger partial charge in [-0.05, 0) is 22.0 Å². The summed E-state index contributed by atoms with van der Waals surface area (Å²) in [6.07, 6.45) is 1.68. The number of carbonyl (C=O) groups is 2. The predicted octanol–water partition coefficient (Wildman–Crippen LogP) is 2.02. The van der Waals surface area contributed by atoms with Crippen LogP contribution in [0, 0.1) is 5.92 Å². The van der Waals surface area contributed by atoms with Crippen LogP contribution in [-0.4, -0.2) is 30.5 Å². The zero-order valence-corrected chi connectivity index (χ0v) is 11.9. The second kappa shape index (κ2) is 5.24. The van der Waals surface area contributed by atoms with Gasteiger partial charge in [0.15, 0.2) is 5.15 Å². The molecule has 1 fully saturated rings. The quantitative estimate of drug-likeness (QED) is 0.614. The third-order valence-corrected chi connectivity index (χ3v) is 3.46. The molecule has 0 saturated carbocycles. The molecule has 1 unspecified atom stereocenters. The lowest BCUT2D eigenvalue weighted by atomic mass is 10.1. The molecule has 1 aromatic heterocycles. The summed E-state index contributed by atoms with van der Waals surface area (Å²) in [6.45, 7) is 0.267. The van der Waals surface area contributed by atoms with Gasteiger partial charge in [-0.3, -0.25) is 9.59 Å². The second-order valence-electron chi connectivity index (χ2n) is 3.89. The summed E-state index contributed by atoms with van der Waals surface area (Å²) >= 11 is 9.23. The number of nitrogens with zero attached hydrogens (tertiary/aromatic N) is 2. The average Bonchev–Trinajstić information content (AvgIpc) is 2.73. The van der Waals surface area contributed by atoms with Gasteiger partial charge in [-0.1, -0.05) is 11.6 Å². The molecule has 7 heteroatoms. The highest BCUT2D eigenvalue weighted by Gasteiger charge is 2.36. The zero-order valence-electron chi connectivity index (χ0n) is 9.52. The number of methoxy groups -OCH3 is 1. The second-order valence-corrected chi connectivity index (χ2v) is 5.17. The van der Waals surface area contributed by atoms with E-state index in [1.807, 2.05) is 0 Å². The first kappa shape index (κ1) is 13.3. The summed E-state index contributed by atoms with van der Waals surface area (Å²) in [6, 6.07) is 1.70. The molecule has 0 aromatic carbocycles. The SMILES string of the molecule is COC(=O)C1CC(=O)N(c2cc(Br)cnc2Cl)C1. The molecule has 0 spiro atoms. The smallest absolute Gasteiger partial charge is 0.311 e. The maximum absolute atomic E-state index is 11.9. The number of ether oxygens (including phenoxy) is 1. The van der Waals surface area contributed by atoms with Gasteiger partial charge in [-0.15, -0.1) is 0 Å². The van der Waals surface area contributed by atoms with Gasteiger partial charge in [0.25, 0.3) is 0 Å². The number of halogens is 2. The van der Waals surface area contributed by atoms with Crippen LogP contribution in [0.25, 0.3) is 0 Å². The van der Waals surface area contributed by atoms with Crippen molar-refractivity contribution in [1.82, 2.24) is 4.98 Å². The predicted molar refractivity (Wildman–Crippen MR) is 69.4 cm³/mol. The van der Waals surface area contributed by atoms with Crippen molar-refractivity contribution in [2.45, 2.75) is 6.42 Å². The van der Waals surface area contributed by atoms with E-state index in [1.54, 1.807) is 12.3 Å². The topological polar surface area (TPSA) is 59.5 Å². The summed E-state index contributed by atoms with van der Waals surface area (Å²) in [7, 11) is 1.31. The van der Waals surface area contributed by atoms with Gasteiger partial charge in [0.05, 0.1) is 18.7 Å². The van der Waals surface area contributed by atoms with Gasteiger partial charge in [0.1, 0.15) is 0 Å². The maximum atomic E-state index is 11.9. The number of amides is 1. The van der Waals surface area contributed by atoms with E-state index >= 15 is 0 Å². The first-order chi connectivity index (χ1) is 8.52. The third-order valence-electron chi connectivity index (χ3n) is 2.74. The van der Waals surface area contributed by atoms with Crippen molar-refractivity contribution in [3.8, 4) is 0 Å². The molecular weight excluding hydrogens is 323 g/mol. The van der Waals surface area contributed by atoms with Crippen molar-refractivity contribution in [2.24, 2.45) is 5.92 Å². The van der Waals surface area contributed by atoms with E-state index in [0.717, 1.165) is 4.47 Å². The molecular formula is C11H10BrClN2O3. The molecule has 2 heterocycles. The molecule has 0 N–H and O–H groups in total. The molecule has 1 aromatic rings. The normalized spacial score (nSPS) is 19.2. The first-order valence-corrected chi connectivity index (χ1v) is 6.39. The Kier molecular flexibility index (Phi) is 3.87. The molecule has 0 radical (unpaired) electrons. The monoisotopic (exact) mass is 332 g/mol. The van der Waals surface area contributed by atoms with Crippen LogP contribution in [0.1, 0.15) is 6.42 Å². The molecule has 18 heavy (non-hydrogen) atoms. The minimum Gasteiger partial charge on any atom is -0.469 e. The van der Waals surface area contributed by atoms with Crippen LogP contribution < -0.4 is 4.90 Å². The van der Waals surface area contributed by atoms with E-state index in [4.69, 9.17) is 11.6 Å². The van der Waals surface area contributed by atoms with Gasteiger partial charge < -0.3 is 9.64 Å². The fraction of sp³-hybridized carbons (Fsp3) is 0.364. The zero-order chi connectivity index (χ0) is 13.3. The van der Waals surface area contributed by atoms with Crippen LogP contribution >= 0.6 is 27.5 Å². The van der Waals surface area contributed by atoms with E-state index < -0.39 is 5.92 Å². The Bertz CT molecular complexity index is 509. The lowest BCUT2D eigenvalue weighted by Gasteiger charge is -2.17. The largest absolute Gasteiger partial charge is 0.469 e. The standard InChI is InChI=1S/C11H10BrClN2O3/c1-18-11(17)6-2-9(16)15(5-6)8-3-7(12)4-14-10(8)13/h3-4,6H,2,5H2,1H3. The highest BCUT2D eigenvalue weighted by Crippen LogP contribution is 2.32. The molecule has 1 aliphatic rings. The van der Waals surface area contributed by atoms with E-state index in [-0.39, 0.29) is 30.0 Å². The van der Waals surface area contributed by atoms with Crippen molar-refractivity contribution in [3.63, 3.8) is 0 Å². The summed E-state index contributed by atoms with van der Waals surface area (Å²) in [4.78, 5) is 28.7. The molecule has 0 aliphatic carbocycles. The summed E-state index contributed by atoms with van der Waals surface area (Å²) < 4.78 is 5.36. The number of anilines is 1. The van der Waals surface area contributed by atoms with Crippen LogP contribution in [0.2, 0.25) is 5.15 Å². The molecule has 0 bridgehead atoms. The molecule has 96 valence electrons. The van der Waals surface area contributed by atoms with Gasteiger partial charge in [-0.2, -0.15) is 0 Å². The van der Waals surface area contributed by atoms with Crippen LogP contribution in [0.5, 0.6) is 0 Å². The van der Waals surface area contributed by atoms with Crippen molar-refractivity contribution in [3.05, 3.63) is 21.9 Å². The number of rotatable bonds is 2. The number of aromatic nitrogens is 1. The first-order valence-electron chi connectivity index (χ1n) is 5.22. The number of pyridine rings is 1. The minimum absolute atomic E-state index is 0.134. The lowest BCUT2D eigenvalue weighted by molar-refractivity contribution is -0.145. The van der Waals surface area contributed by atoms with Gasteiger partial charge in [-0.25, -0.2) is 4.98 Å². The number of hydrogen-bond acceptors (Lipinski definition) is 4. The minimum atomic E-state index is -0.447. The van der Waals surface area contributed by atoms with Crippen molar-refractivity contribution < 1.29 is 14.3 Å². The van der Waals surface area contributed by atoms with Crippen LogP contribution in [-0.2, 0) is 14.3 Å². The Hall–Kier alpha value is -1.14. The fourth-order valence-electron chi connectivity index (χ4n) is 1.87. The molecule has 1 saturated heterocycles.